The summed E-state index contributed by atoms with van der Waals surface area (Å²) in [6, 6.07) is 10.2. The molecule has 2 rings (SSSR count). The van der Waals surface area contributed by atoms with Crippen molar-refractivity contribution in [3.05, 3.63) is 63.7 Å². The Balaban J connectivity index is 2.12. The van der Waals surface area contributed by atoms with Crippen LogP contribution >= 0.6 is 0 Å². The van der Waals surface area contributed by atoms with Crippen molar-refractivity contribution in [3.8, 4) is 11.5 Å². The molecule has 0 spiro atoms. The van der Waals surface area contributed by atoms with E-state index >= 15 is 0 Å². The predicted octanol–water partition coefficient (Wildman–Crippen LogP) is 2.29. The summed E-state index contributed by atoms with van der Waals surface area (Å²) in [7, 11) is 1.42. The summed E-state index contributed by atoms with van der Waals surface area (Å²) in [5.74, 6) is -0.631. The number of rotatable bonds is 6. The predicted molar refractivity (Wildman–Crippen MR) is 92.5 cm³/mol. The summed E-state index contributed by atoms with van der Waals surface area (Å²) < 4.78 is 10.1. The molecule has 0 aliphatic carbocycles. The lowest BCUT2D eigenvalue weighted by Gasteiger charge is -2.08. The van der Waals surface area contributed by atoms with Crippen LogP contribution in [0.5, 0.6) is 11.5 Å². The number of nitro groups is 1. The third-order valence-corrected chi connectivity index (χ3v) is 3.17. The Bertz CT molecular complexity index is 879. The van der Waals surface area contributed by atoms with Crippen LogP contribution in [0.2, 0.25) is 0 Å². The molecule has 0 fully saturated rings. The number of hydrazone groups is 1. The lowest BCUT2D eigenvalue weighted by Crippen LogP contribution is -2.18. The number of methoxy groups -OCH3 is 1. The van der Waals surface area contributed by atoms with Crippen LogP contribution < -0.4 is 14.9 Å². The van der Waals surface area contributed by atoms with E-state index in [1.807, 2.05) is 0 Å². The highest BCUT2D eigenvalue weighted by atomic mass is 16.6. The van der Waals surface area contributed by atoms with E-state index in [1.165, 1.54) is 50.6 Å². The van der Waals surface area contributed by atoms with Gasteiger partial charge in [-0.3, -0.25) is 19.7 Å². The van der Waals surface area contributed by atoms with Crippen molar-refractivity contribution in [3.63, 3.8) is 0 Å². The fraction of sp³-hybridized carbons (Fsp3) is 0.118. The molecule has 0 atom stereocenters. The monoisotopic (exact) mass is 357 g/mol. The maximum Gasteiger partial charge on any atom is 0.308 e. The zero-order valence-electron chi connectivity index (χ0n) is 14.0. The molecular weight excluding hydrogens is 342 g/mol. The number of para-hydroxylation sites is 1. The minimum absolute atomic E-state index is 0.0996. The normalized spacial score (nSPS) is 10.4. The van der Waals surface area contributed by atoms with Gasteiger partial charge >= 0.3 is 5.97 Å². The van der Waals surface area contributed by atoms with Gasteiger partial charge < -0.3 is 9.47 Å². The molecule has 0 aliphatic rings. The maximum absolute atomic E-state index is 12.0. The van der Waals surface area contributed by atoms with Crippen molar-refractivity contribution in [1.29, 1.82) is 0 Å². The standard InChI is InChI=1S/C17H15N3O6/c1-11(21)26-15-8-7-12(9-16(15)25-2)10-18-19-17(22)13-5-3-4-6-14(13)20(23)24/h3-10H,1-2H3,(H,19,22)/b18-10+. The van der Waals surface area contributed by atoms with Gasteiger partial charge in [0.2, 0.25) is 0 Å². The molecule has 2 aromatic rings. The lowest BCUT2D eigenvalue weighted by molar-refractivity contribution is -0.385. The smallest absolute Gasteiger partial charge is 0.308 e. The van der Waals surface area contributed by atoms with E-state index in [1.54, 1.807) is 12.1 Å². The fourth-order valence-electron chi connectivity index (χ4n) is 2.05. The molecule has 0 aliphatic heterocycles. The van der Waals surface area contributed by atoms with Gasteiger partial charge in [0, 0.05) is 13.0 Å². The van der Waals surface area contributed by atoms with Gasteiger partial charge in [0.1, 0.15) is 5.56 Å². The van der Waals surface area contributed by atoms with E-state index in [9.17, 15) is 19.7 Å². The molecule has 0 aromatic heterocycles. The number of nitro benzene ring substituents is 1. The van der Waals surface area contributed by atoms with Crippen molar-refractivity contribution in [2.45, 2.75) is 6.92 Å². The molecule has 0 radical (unpaired) electrons. The van der Waals surface area contributed by atoms with Crippen LogP contribution in [0.15, 0.2) is 47.6 Å². The zero-order valence-corrected chi connectivity index (χ0v) is 14.0. The summed E-state index contributed by atoms with van der Waals surface area (Å²) in [4.78, 5) is 33.4. The largest absolute Gasteiger partial charge is 0.493 e. The van der Waals surface area contributed by atoms with Gasteiger partial charge in [-0.15, -0.1) is 0 Å². The Morgan fingerprint density at radius 3 is 2.58 bits per heavy atom. The molecule has 26 heavy (non-hydrogen) atoms. The molecule has 1 amide bonds. The van der Waals surface area contributed by atoms with Gasteiger partial charge in [-0.2, -0.15) is 5.10 Å². The van der Waals surface area contributed by atoms with E-state index in [-0.39, 0.29) is 17.0 Å². The molecular formula is C17H15N3O6. The zero-order chi connectivity index (χ0) is 19.1. The van der Waals surface area contributed by atoms with Crippen LogP contribution in [0.4, 0.5) is 5.69 Å². The first kappa shape index (κ1) is 18.6. The number of nitrogens with zero attached hydrogens (tertiary/aromatic N) is 2. The van der Waals surface area contributed by atoms with E-state index in [0.29, 0.717) is 11.3 Å². The molecule has 9 heteroatoms. The Kier molecular flexibility index (Phi) is 5.99. The van der Waals surface area contributed by atoms with E-state index in [2.05, 4.69) is 10.5 Å². The number of hydrogen-bond acceptors (Lipinski definition) is 7. The topological polar surface area (TPSA) is 120 Å². The molecule has 0 saturated carbocycles. The average molecular weight is 357 g/mol. The number of hydrogen-bond donors (Lipinski definition) is 1. The van der Waals surface area contributed by atoms with Crippen molar-refractivity contribution in [2.75, 3.05) is 7.11 Å². The van der Waals surface area contributed by atoms with Gasteiger partial charge in [-0.1, -0.05) is 12.1 Å². The number of benzene rings is 2. The van der Waals surface area contributed by atoms with Gasteiger partial charge in [-0.25, -0.2) is 5.43 Å². The lowest BCUT2D eigenvalue weighted by atomic mass is 10.2. The second-order valence-electron chi connectivity index (χ2n) is 4.98. The quantitative estimate of drug-likeness (QED) is 0.278. The van der Waals surface area contributed by atoms with E-state index < -0.39 is 16.8 Å². The van der Waals surface area contributed by atoms with Crippen molar-refractivity contribution in [2.24, 2.45) is 5.10 Å². The molecule has 0 heterocycles. The summed E-state index contributed by atoms with van der Waals surface area (Å²) in [5.41, 5.74) is 2.37. The number of amides is 1. The number of carbonyl (C=O) groups is 2. The Morgan fingerprint density at radius 1 is 1.19 bits per heavy atom. The summed E-state index contributed by atoms with van der Waals surface area (Å²) in [6.07, 6.45) is 1.33. The second kappa shape index (κ2) is 8.38. The van der Waals surface area contributed by atoms with Crippen molar-refractivity contribution < 1.29 is 24.0 Å². The van der Waals surface area contributed by atoms with Crippen LogP contribution in [0, 0.1) is 10.1 Å². The minimum atomic E-state index is -0.711. The summed E-state index contributed by atoms with van der Waals surface area (Å²) >= 11 is 0. The Labute approximate surface area is 148 Å². The SMILES string of the molecule is COc1cc(/C=N/NC(=O)c2ccccc2[N+](=O)[O-])ccc1OC(C)=O. The van der Waals surface area contributed by atoms with Crippen LogP contribution in [0.3, 0.4) is 0 Å². The van der Waals surface area contributed by atoms with Gasteiger partial charge in [0.05, 0.1) is 18.2 Å². The maximum atomic E-state index is 12.0. The third-order valence-electron chi connectivity index (χ3n) is 3.17. The van der Waals surface area contributed by atoms with Gasteiger partial charge in [0.15, 0.2) is 11.5 Å². The molecule has 0 bridgehead atoms. The van der Waals surface area contributed by atoms with Crippen LogP contribution in [-0.4, -0.2) is 30.1 Å². The third kappa shape index (κ3) is 4.63. The van der Waals surface area contributed by atoms with Crippen molar-refractivity contribution in [1.82, 2.24) is 5.43 Å². The molecule has 0 saturated heterocycles. The first-order chi connectivity index (χ1) is 12.4. The average Bonchev–Trinajstić information content (AvgIpc) is 2.62. The fourth-order valence-corrected chi connectivity index (χ4v) is 2.05. The first-order valence-electron chi connectivity index (χ1n) is 7.35. The number of ether oxygens (including phenoxy) is 2. The number of nitrogens with one attached hydrogen (secondary N) is 1. The molecule has 1 N–H and O–H groups in total. The van der Waals surface area contributed by atoms with E-state index in [4.69, 9.17) is 9.47 Å². The summed E-state index contributed by atoms with van der Waals surface area (Å²) in [6.45, 7) is 1.27. The molecule has 9 nitrogen and oxygen atoms in total. The van der Waals surface area contributed by atoms with Gasteiger partial charge in [0.25, 0.3) is 11.6 Å². The Morgan fingerprint density at radius 2 is 1.92 bits per heavy atom. The summed E-state index contributed by atoms with van der Waals surface area (Å²) in [5, 5.41) is 14.7. The van der Waals surface area contributed by atoms with Crippen LogP contribution in [0.25, 0.3) is 0 Å². The van der Waals surface area contributed by atoms with Crippen LogP contribution in [0.1, 0.15) is 22.8 Å². The Hall–Kier alpha value is -3.75. The second-order valence-corrected chi connectivity index (χ2v) is 4.98. The first-order valence-corrected chi connectivity index (χ1v) is 7.35. The molecule has 2 aromatic carbocycles. The van der Waals surface area contributed by atoms with E-state index in [0.717, 1.165) is 0 Å². The number of carbonyl (C=O) groups excluding carboxylic acids is 2. The van der Waals surface area contributed by atoms with Gasteiger partial charge in [-0.05, 0) is 29.8 Å². The minimum Gasteiger partial charge on any atom is -0.493 e. The van der Waals surface area contributed by atoms with Crippen LogP contribution in [-0.2, 0) is 4.79 Å². The van der Waals surface area contributed by atoms with Crippen molar-refractivity contribution >= 4 is 23.8 Å². The highest BCUT2D eigenvalue weighted by Gasteiger charge is 2.18. The molecule has 134 valence electrons. The highest BCUT2D eigenvalue weighted by molar-refractivity contribution is 5.98. The highest BCUT2D eigenvalue weighted by Crippen LogP contribution is 2.27. The molecule has 0 unspecified atom stereocenters. The number of esters is 1.